The fourth-order valence-corrected chi connectivity index (χ4v) is 3.29. The first-order valence-electron chi connectivity index (χ1n) is 12.1. The van der Waals surface area contributed by atoms with E-state index in [-0.39, 0.29) is 5.78 Å². The predicted molar refractivity (Wildman–Crippen MR) is 129 cm³/mol. The smallest absolute Gasteiger partial charge is 0.340 e. The summed E-state index contributed by atoms with van der Waals surface area (Å²) in [5.74, 6) is -4.97. The third kappa shape index (κ3) is 13.5. The lowest BCUT2D eigenvalue weighted by molar-refractivity contribution is -0.192. The summed E-state index contributed by atoms with van der Waals surface area (Å²) in [6.45, 7) is 11.6. The zero-order valence-corrected chi connectivity index (χ0v) is 21.9. The molecule has 8 heteroatoms. The SMILES string of the molecule is CCCC(=O)CCCCCC/C=C/[C@H](C(=O)O)[C@@](O)(CC(=O)OC(C)(C)C)C(=O)OC(C)(C)C. The number of Topliss-reactive ketones (excluding diaryl/α,β-unsaturated/α-hetero) is 1. The molecule has 0 aromatic rings. The zero-order valence-electron chi connectivity index (χ0n) is 21.9. The number of allylic oxidation sites excluding steroid dienone is 1. The highest BCUT2D eigenvalue weighted by Crippen LogP contribution is 2.29. The van der Waals surface area contributed by atoms with E-state index >= 15 is 0 Å². The van der Waals surface area contributed by atoms with Crippen molar-refractivity contribution >= 4 is 23.7 Å². The molecule has 0 aliphatic carbocycles. The number of carbonyl (C=O) groups excluding carboxylic acids is 3. The number of ether oxygens (including phenoxy) is 2. The van der Waals surface area contributed by atoms with E-state index in [0.29, 0.717) is 19.3 Å². The van der Waals surface area contributed by atoms with Gasteiger partial charge in [-0.1, -0.05) is 31.9 Å². The van der Waals surface area contributed by atoms with Gasteiger partial charge in [0.1, 0.15) is 22.9 Å². The summed E-state index contributed by atoms with van der Waals surface area (Å²) in [4.78, 5) is 48.8. The second kappa shape index (κ2) is 14.2. The van der Waals surface area contributed by atoms with Crippen LogP contribution in [0.2, 0.25) is 0 Å². The van der Waals surface area contributed by atoms with Crippen molar-refractivity contribution in [1.29, 1.82) is 0 Å². The van der Waals surface area contributed by atoms with Gasteiger partial charge in [-0.25, -0.2) is 4.79 Å². The van der Waals surface area contributed by atoms with Crippen molar-refractivity contribution in [3.63, 3.8) is 0 Å². The van der Waals surface area contributed by atoms with Crippen LogP contribution < -0.4 is 0 Å². The molecule has 0 rings (SSSR count). The van der Waals surface area contributed by atoms with Gasteiger partial charge in [0.2, 0.25) is 0 Å². The van der Waals surface area contributed by atoms with Gasteiger partial charge in [0.25, 0.3) is 0 Å². The van der Waals surface area contributed by atoms with E-state index in [1.165, 1.54) is 6.08 Å². The van der Waals surface area contributed by atoms with Gasteiger partial charge in [0.05, 0.1) is 6.42 Å². The Labute approximate surface area is 204 Å². The molecule has 0 unspecified atom stereocenters. The van der Waals surface area contributed by atoms with Gasteiger partial charge < -0.3 is 19.7 Å². The Kier molecular flexibility index (Phi) is 13.3. The Morgan fingerprint density at radius 3 is 1.91 bits per heavy atom. The summed E-state index contributed by atoms with van der Waals surface area (Å²) < 4.78 is 10.5. The number of carboxylic acids is 1. The largest absolute Gasteiger partial charge is 0.481 e. The lowest BCUT2D eigenvalue weighted by Gasteiger charge is -2.33. The fourth-order valence-electron chi connectivity index (χ4n) is 3.29. The molecule has 0 radical (unpaired) electrons. The average molecular weight is 485 g/mol. The van der Waals surface area contributed by atoms with Crippen molar-refractivity contribution < 1.29 is 38.9 Å². The quantitative estimate of drug-likeness (QED) is 0.193. The molecule has 0 saturated heterocycles. The van der Waals surface area contributed by atoms with Crippen molar-refractivity contribution in [2.45, 2.75) is 123 Å². The lowest BCUT2D eigenvalue weighted by Crippen LogP contribution is -2.53. The van der Waals surface area contributed by atoms with E-state index in [9.17, 15) is 29.4 Å². The molecule has 0 aromatic carbocycles. The monoisotopic (exact) mass is 484 g/mol. The molecule has 0 fully saturated rings. The summed E-state index contributed by atoms with van der Waals surface area (Å²) in [5.41, 5.74) is -4.50. The highest BCUT2D eigenvalue weighted by Gasteiger charge is 2.51. The number of esters is 2. The van der Waals surface area contributed by atoms with Crippen LogP contribution in [0.25, 0.3) is 0 Å². The molecule has 0 amide bonds. The maximum atomic E-state index is 12.8. The Morgan fingerprint density at radius 2 is 1.41 bits per heavy atom. The van der Waals surface area contributed by atoms with E-state index in [1.54, 1.807) is 47.6 Å². The second-order valence-electron chi connectivity index (χ2n) is 10.7. The molecule has 2 atom stereocenters. The first-order valence-corrected chi connectivity index (χ1v) is 12.1. The third-order valence-corrected chi connectivity index (χ3v) is 4.80. The van der Waals surface area contributed by atoms with Crippen LogP contribution >= 0.6 is 0 Å². The van der Waals surface area contributed by atoms with Gasteiger partial charge in [0, 0.05) is 12.8 Å². The van der Waals surface area contributed by atoms with Crippen LogP contribution in [-0.2, 0) is 28.7 Å². The van der Waals surface area contributed by atoms with Gasteiger partial charge in [-0.05, 0) is 67.2 Å². The van der Waals surface area contributed by atoms with E-state index in [0.717, 1.165) is 32.1 Å². The minimum atomic E-state index is -2.63. The van der Waals surface area contributed by atoms with Crippen molar-refractivity contribution in [2.24, 2.45) is 5.92 Å². The summed E-state index contributed by atoms with van der Waals surface area (Å²) in [5, 5.41) is 20.9. The maximum absolute atomic E-state index is 12.8. The maximum Gasteiger partial charge on any atom is 0.340 e. The van der Waals surface area contributed by atoms with E-state index < -0.39 is 47.0 Å². The molecule has 2 N–H and O–H groups in total. The van der Waals surface area contributed by atoms with Gasteiger partial charge in [-0.2, -0.15) is 0 Å². The molecule has 0 aliphatic rings. The molecule has 0 aliphatic heterocycles. The molecule has 0 aromatic heterocycles. The molecular weight excluding hydrogens is 440 g/mol. The first-order chi connectivity index (χ1) is 15.5. The van der Waals surface area contributed by atoms with Gasteiger partial charge >= 0.3 is 17.9 Å². The molecule has 196 valence electrons. The van der Waals surface area contributed by atoms with Crippen LogP contribution in [0.1, 0.15) is 106 Å². The Morgan fingerprint density at radius 1 is 0.853 bits per heavy atom. The van der Waals surface area contributed by atoms with Crippen LogP contribution in [0.3, 0.4) is 0 Å². The Balaban J connectivity index is 5.28. The molecule has 0 saturated carbocycles. The lowest BCUT2D eigenvalue weighted by atomic mass is 9.83. The molecule has 0 spiro atoms. The topological polar surface area (TPSA) is 127 Å². The first kappa shape index (κ1) is 31.8. The normalized spacial score (nSPS) is 14.9. The van der Waals surface area contributed by atoms with Crippen molar-refractivity contribution in [3.8, 4) is 0 Å². The van der Waals surface area contributed by atoms with Gasteiger partial charge in [0.15, 0.2) is 5.60 Å². The third-order valence-electron chi connectivity index (χ3n) is 4.80. The highest BCUT2D eigenvalue weighted by atomic mass is 16.6. The van der Waals surface area contributed by atoms with Crippen molar-refractivity contribution in [3.05, 3.63) is 12.2 Å². The number of carbonyl (C=O) groups is 4. The van der Waals surface area contributed by atoms with E-state index in [4.69, 9.17) is 9.47 Å². The van der Waals surface area contributed by atoms with Crippen LogP contribution in [0.5, 0.6) is 0 Å². The number of aliphatic carboxylic acids is 1. The van der Waals surface area contributed by atoms with Crippen molar-refractivity contribution in [2.75, 3.05) is 0 Å². The number of hydrogen-bond acceptors (Lipinski definition) is 7. The number of rotatable bonds is 15. The summed E-state index contributed by atoms with van der Waals surface area (Å²) in [7, 11) is 0. The summed E-state index contributed by atoms with van der Waals surface area (Å²) in [6.07, 6.45) is 7.92. The van der Waals surface area contributed by atoms with Crippen LogP contribution in [0, 0.1) is 5.92 Å². The average Bonchev–Trinajstić information content (AvgIpc) is 2.63. The number of unbranched alkanes of at least 4 members (excludes halogenated alkanes) is 4. The minimum absolute atomic E-state index is 0.276. The highest BCUT2D eigenvalue weighted by molar-refractivity contribution is 5.92. The molecule has 0 bridgehead atoms. The van der Waals surface area contributed by atoms with Crippen molar-refractivity contribution in [1.82, 2.24) is 0 Å². The summed E-state index contributed by atoms with van der Waals surface area (Å²) >= 11 is 0. The second-order valence-corrected chi connectivity index (χ2v) is 10.7. The predicted octanol–water partition coefficient (Wildman–Crippen LogP) is 4.76. The minimum Gasteiger partial charge on any atom is -0.481 e. The van der Waals surface area contributed by atoms with Gasteiger partial charge in [-0.3, -0.25) is 14.4 Å². The van der Waals surface area contributed by atoms with E-state index in [1.807, 2.05) is 6.92 Å². The van der Waals surface area contributed by atoms with Crippen LogP contribution in [-0.4, -0.2) is 50.7 Å². The zero-order chi connectivity index (χ0) is 26.6. The van der Waals surface area contributed by atoms with Crippen LogP contribution in [0.4, 0.5) is 0 Å². The van der Waals surface area contributed by atoms with Gasteiger partial charge in [-0.15, -0.1) is 0 Å². The molecule has 8 nitrogen and oxygen atoms in total. The van der Waals surface area contributed by atoms with Crippen LogP contribution in [0.15, 0.2) is 12.2 Å². The number of hydrogen-bond donors (Lipinski definition) is 2. The number of carboxylic acid groups (broad SMARTS) is 1. The Bertz CT molecular complexity index is 711. The number of ketones is 1. The molecular formula is C26H44O8. The standard InChI is InChI=1S/C26H44O8/c1-8-15-19(27)16-13-11-9-10-12-14-17-20(22(29)30)26(32,23(31)34-25(5,6)7)18-21(28)33-24(2,3)4/h14,17,20,32H,8-13,15-16,18H2,1-7H3,(H,29,30)/b17-14+/t20-,26+/m1/s1. The molecule has 0 heterocycles. The molecule has 34 heavy (non-hydrogen) atoms. The number of aliphatic hydroxyl groups is 1. The van der Waals surface area contributed by atoms with E-state index in [2.05, 4.69) is 0 Å². The summed E-state index contributed by atoms with van der Waals surface area (Å²) in [6, 6.07) is 0. The fraction of sp³-hybridized carbons (Fsp3) is 0.769. The Hall–Kier alpha value is -2.22.